The van der Waals surface area contributed by atoms with Gasteiger partial charge in [-0.2, -0.15) is 5.10 Å². The van der Waals surface area contributed by atoms with Gasteiger partial charge in [0.05, 0.1) is 10.7 Å². The zero-order valence-corrected chi connectivity index (χ0v) is 12.5. The molecule has 0 saturated heterocycles. The van der Waals surface area contributed by atoms with Crippen molar-refractivity contribution in [2.24, 2.45) is 7.05 Å². The molecule has 0 N–H and O–H groups in total. The molecule has 20 heavy (non-hydrogen) atoms. The van der Waals surface area contributed by atoms with Gasteiger partial charge in [-0.05, 0) is 44.0 Å². The van der Waals surface area contributed by atoms with E-state index < -0.39 is 5.82 Å². The van der Waals surface area contributed by atoms with E-state index in [2.05, 4.69) is 5.10 Å². The fourth-order valence-corrected chi connectivity index (χ4v) is 2.49. The molecule has 1 heterocycles. The summed E-state index contributed by atoms with van der Waals surface area (Å²) in [6, 6.07) is 3.84. The van der Waals surface area contributed by atoms with Gasteiger partial charge in [-0.1, -0.05) is 11.6 Å². The zero-order chi connectivity index (χ0) is 14.9. The first-order valence-electron chi connectivity index (χ1n) is 6.37. The number of nitrogens with zero attached hydrogens (tertiary/aromatic N) is 2. The van der Waals surface area contributed by atoms with Gasteiger partial charge in [0, 0.05) is 24.7 Å². The van der Waals surface area contributed by atoms with Crippen LogP contribution in [0, 0.1) is 19.7 Å². The summed E-state index contributed by atoms with van der Waals surface area (Å²) < 4.78 is 15.0. The van der Waals surface area contributed by atoms with E-state index in [0.29, 0.717) is 6.42 Å². The summed E-state index contributed by atoms with van der Waals surface area (Å²) in [6.07, 6.45) is 0.869. The monoisotopic (exact) mass is 294 g/mol. The standard InChI is InChI=1S/C15H16ClFN2O/c1-9-12(10(2)19(3)18-9)5-7-15(20)13-8-11(17)4-6-14(13)16/h4,6,8H,5,7H2,1-3H3. The highest BCUT2D eigenvalue weighted by Gasteiger charge is 2.15. The van der Waals surface area contributed by atoms with Crippen LogP contribution in [0.5, 0.6) is 0 Å². The number of ketones is 1. The molecule has 0 aliphatic carbocycles. The molecule has 0 unspecified atom stereocenters. The number of aryl methyl sites for hydroxylation is 2. The molecule has 0 spiro atoms. The lowest BCUT2D eigenvalue weighted by atomic mass is 10.0. The number of aromatic nitrogens is 2. The first-order valence-corrected chi connectivity index (χ1v) is 6.75. The summed E-state index contributed by atoms with van der Waals surface area (Å²) in [5, 5.41) is 4.60. The average Bonchev–Trinajstić information content (AvgIpc) is 2.64. The van der Waals surface area contributed by atoms with Gasteiger partial charge < -0.3 is 0 Å². The van der Waals surface area contributed by atoms with E-state index in [-0.39, 0.29) is 22.8 Å². The van der Waals surface area contributed by atoms with Crippen molar-refractivity contribution in [3.8, 4) is 0 Å². The van der Waals surface area contributed by atoms with E-state index in [9.17, 15) is 9.18 Å². The Bertz CT molecular complexity index is 664. The summed E-state index contributed by atoms with van der Waals surface area (Å²) in [5.41, 5.74) is 3.27. The van der Waals surface area contributed by atoms with Crippen LogP contribution in [0.15, 0.2) is 18.2 Å². The van der Waals surface area contributed by atoms with E-state index in [0.717, 1.165) is 17.0 Å². The average molecular weight is 295 g/mol. The molecule has 1 aromatic heterocycles. The molecule has 0 aliphatic rings. The lowest BCUT2D eigenvalue weighted by Crippen LogP contribution is -2.04. The molecule has 5 heteroatoms. The molecule has 106 valence electrons. The van der Waals surface area contributed by atoms with Crippen LogP contribution >= 0.6 is 11.6 Å². The number of carbonyl (C=O) groups is 1. The van der Waals surface area contributed by atoms with Crippen molar-refractivity contribution in [2.75, 3.05) is 0 Å². The van der Waals surface area contributed by atoms with Crippen LogP contribution in [-0.4, -0.2) is 15.6 Å². The van der Waals surface area contributed by atoms with Crippen LogP contribution in [0.2, 0.25) is 5.02 Å². The molecule has 0 aliphatic heterocycles. The fraction of sp³-hybridized carbons (Fsp3) is 0.333. The number of Topliss-reactive ketones (excluding diaryl/α,β-unsaturated/α-hetero) is 1. The quantitative estimate of drug-likeness (QED) is 0.807. The number of benzene rings is 1. The van der Waals surface area contributed by atoms with Crippen LogP contribution in [0.1, 0.15) is 33.7 Å². The highest BCUT2D eigenvalue weighted by atomic mass is 35.5. The Morgan fingerprint density at radius 3 is 2.70 bits per heavy atom. The van der Waals surface area contributed by atoms with Crippen LogP contribution in [-0.2, 0) is 13.5 Å². The van der Waals surface area contributed by atoms with Crippen molar-refractivity contribution in [3.05, 3.63) is 51.6 Å². The summed E-state index contributed by atoms with van der Waals surface area (Å²) in [5.74, 6) is -0.608. The number of rotatable bonds is 4. The molecule has 0 fully saturated rings. The maximum absolute atomic E-state index is 13.2. The molecule has 0 radical (unpaired) electrons. The van der Waals surface area contributed by atoms with Gasteiger partial charge in [-0.3, -0.25) is 9.48 Å². The topological polar surface area (TPSA) is 34.9 Å². The largest absolute Gasteiger partial charge is 0.294 e. The Kier molecular flexibility index (Phi) is 4.23. The fourth-order valence-electron chi connectivity index (χ4n) is 2.26. The molecular formula is C15H16ClFN2O. The predicted octanol–water partition coefficient (Wildman–Crippen LogP) is 3.64. The first kappa shape index (κ1) is 14.7. The van der Waals surface area contributed by atoms with Crippen LogP contribution in [0.3, 0.4) is 0 Å². The highest BCUT2D eigenvalue weighted by molar-refractivity contribution is 6.33. The second kappa shape index (κ2) is 5.75. The Morgan fingerprint density at radius 1 is 1.40 bits per heavy atom. The summed E-state index contributed by atoms with van der Waals surface area (Å²) in [7, 11) is 1.87. The summed E-state index contributed by atoms with van der Waals surface area (Å²) >= 11 is 5.94. The van der Waals surface area contributed by atoms with Gasteiger partial charge in [0.1, 0.15) is 5.82 Å². The maximum Gasteiger partial charge on any atom is 0.164 e. The van der Waals surface area contributed by atoms with Gasteiger partial charge in [-0.25, -0.2) is 4.39 Å². The number of hydrogen-bond acceptors (Lipinski definition) is 2. The van der Waals surface area contributed by atoms with Crippen molar-refractivity contribution >= 4 is 17.4 Å². The van der Waals surface area contributed by atoms with E-state index >= 15 is 0 Å². The predicted molar refractivity (Wildman–Crippen MR) is 76.7 cm³/mol. The van der Waals surface area contributed by atoms with Crippen LogP contribution in [0.4, 0.5) is 4.39 Å². The number of carbonyl (C=O) groups excluding carboxylic acids is 1. The van der Waals surface area contributed by atoms with Gasteiger partial charge in [0.25, 0.3) is 0 Å². The third-order valence-electron chi connectivity index (χ3n) is 3.49. The van der Waals surface area contributed by atoms with Crippen molar-refractivity contribution in [2.45, 2.75) is 26.7 Å². The molecule has 0 saturated carbocycles. The smallest absolute Gasteiger partial charge is 0.164 e. The molecule has 1 aromatic carbocycles. The van der Waals surface area contributed by atoms with Crippen molar-refractivity contribution in [3.63, 3.8) is 0 Å². The molecule has 0 bridgehead atoms. The normalized spacial score (nSPS) is 10.8. The molecule has 0 atom stereocenters. The number of hydrogen-bond donors (Lipinski definition) is 0. The van der Waals surface area contributed by atoms with Crippen molar-refractivity contribution in [1.29, 1.82) is 0 Å². The number of halogens is 2. The summed E-state index contributed by atoms with van der Waals surface area (Å²) in [6.45, 7) is 3.89. The molecule has 2 aromatic rings. The molecule has 2 rings (SSSR count). The van der Waals surface area contributed by atoms with Crippen molar-refractivity contribution < 1.29 is 9.18 Å². The maximum atomic E-state index is 13.2. The van der Waals surface area contributed by atoms with Gasteiger partial charge in [-0.15, -0.1) is 0 Å². The van der Waals surface area contributed by atoms with Gasteiger partial charge in [0.15, 0.2) is 5.78 Å². The Hall–Kier alpha value is -1.68. The SMILES string of the molecule is Cc1nn(C)c(C)c1CCC(=O)c1cc(F)ccc1Cl. The van der Waals surface area contributed by atoms with Crippen LogP contribution in [0.25, 0.3) is 0 Å². The summed E-state index contributed by atoms with van der Waals surface area (Å²) in [4.78, 5) is 12.1. The van der Waals surface area contributed by atoms with Gasteiger partial charge >= 0.3 is 0 Å². The molecular weight excluding hydrogens is 279 g/mol. The van der Waals surface area contributed by atoms with E-state index in [4.69, 9.17) is 11.6 Å². The first-order chi connectivity index (χ1) is 9.40. The Balaban J connectivity index is 2.15. The Labute approximate surface area is 122 Å². The van der Waals surface area contributed by atoms with Gasteiger partial charge in [0.2, 0.25) is 0 Å². The minimum absolute atomic E-state index is 0.155. The molecule has 3 nitrogen and oxygen atoms in total. The van der Waals surface area contributed by atoms with E-state index in [1.807, 2.05) is 20.9 Å². The Morgan fingerprint density at radius 2 is 2.10 bits per heavy atom. The van der Waals surface area contributed by atoms with E-state index in [1.165, 1.54) is 18.2 Å². The second-order valence-corrected chi connectivity index (χ2v) is 5.23. The third kappa shape index (κ3) is 2.90. The van der Waals surface area contributed by atoms with Crippen molar-refractivity contribution in [1.82, 2.24) is 9.78 Å². The minimum atomic E-state index is -0.452. The zero-order valence-electron chi connectivity index (χ0n) is 11.7. The van der Waals surface area contributed by atoms with Crippen LogP contribution < -0.4 is 0 Å². The van der Waals surface area contributed by atoms with E-state index in [1.54, 1.807) is 4.68 Å². The minimum Gasteiger partial charge on any atom is -0.294 e. The second-order valence-electron chi connectivity index (χ2n) is 4.82. The molecule has 0 amide bonds. The lowest BCUT2D eigenvalue weighted by molar-refractivity contribution is 0.0982. The lowest BCUT2D eigenvalue weighted by Gasteiger charge is -2.05. The third-order valence-corrected chi connectivity index (χ3v) is 3.82. The highest BCUT2D eigenvalue weighted by Crippen LogP contribution is 2.21.